The summed E-state index contributed by atoms with van der Waals surface area (Å²) in [5, 5.41) is 0. The Morgan fingerprint density at radius 1 is 0.870 bits per heavy atom. The average Bonchev–Trinajstić information content (AvgIpc) is 3.05. The maximum Gasteiger partial charge on any atom is 0.0821 e. The van der Waals surface area contributed by atoms with Gasteiger partial charge in [-0.15, -0.1) is 0 Å². The molecule has 2 aromatic carbocycles. The van der Waals surface area contributed by atoms with Crippen LogP contribution in [0.5, 0.6) is 0 Å². The van der Waals surface area contributed by atoms with Crippen molar-refractivity contribution in [1.29, 1.82) is 0 Å². The summed E-state index contributed by atoms with van der Waals surface area (Å²) in [6.45, 7) is 3.61. The van der Waals surface area contributed by atoms with Crippen molar-refractivity contribution in [3.63, 3.8) is 0 Å². The minimum Gasteiger partial charge on any atom is -0.355 e. The Labute approximate surface area is 139 Å². The van der Waals surface area contributed by atoms with E-state index in [1.54, 1.807) is 0 Å². The van der Waals surface area contributed by atoms with Crippen LogP contribution in [0.25, 0.3) is 0 Å². The Morgan fingerprint density at radius 2 is 1.70 bits per heavy atom. The van der Waals surface area contributed by atoms with Crippen LogP contribution in [0.2, 0.25) is 0 Å². The molecule has 1 atom stereocenters. The largest absolute Gasteiger partial charge is 0.355 e. The highest BCUT2D eigenvalue weighted by Gasteiger charge is 2.31. The lowest BCUT2D eigenvalue weighted by Gasteiger charge is -2.42. The van der Waals surface area contributed by atoms with Crippen molar-refractivity contribution >= 4 is 5.69 Å². The van der Waals surface area contributed by atoms with Gasteiger partial charge in [0.25, 0.3) is 0 Å². The normalized spacial score (nSPS) is 21.4. The van der Waals surface area contributed by atoms with E-state index in [9.17, 15) is 0 Å². The van der Waals surface area contributed by atoms with Crippen molar-refractivity contribution in [2.24, 2.45) is 0 Å². The second kappa shape index (κ2) is 6.76. The summed E-state index contributed by atoms with van der Waals surface area (Å²) >= 11 is 0. The SMILES string of the molecule is c1ccc(CCN2CCCCC2N2CCc3ccccc32)cc1. The second-order valence-electron chi connectivity index (χ2n) is 6.82. The number of benzene rings is 2. The van der Waals surface area contributed by atoms with Crippen molar-refractivity contribution in [3.05, 3.63) is 65.7 Å². The van der Waals surface area contributed by atoms with E-state index in [0.29, 0.717) is 6.17 Å². The summed E-state index contributed by atoms with van der Waals surface area (Å²) in [6, 6.07) is 19.9. The molecule has 2 aromatic rings. The third kappa shape index (κ3) is 3.13. The number of rotatable bonds is 4. The summed E-state index contributed by atoms with van der Waals surface area (Å²) in [7, 11) is 0. The number of para-hydroxylation sites is 1. The molecule has 2 aliphatic rings. The molecule has 2 heterocycles. The van der Waals surface area contributed by atoms with Crippen LogP contribution in [0.3, 0.4) is 0 Å². The Kier molecular flexibility index (Phi) is 4.34. The number of anilines is 1. The van der Waals surface area contributed by atoms with E-state index in [-0.39, 0.29) is 0 Å². The van der Waals surface area contributed by atoms with Gasteiger partial charge in [0.1, 0.15) is 0 Å². The molecule has 0 N–H and O–H groups in total. The molecule has 0 aromatic heterocycles. The number of hydrogen-bond donors (Lipinski definition) is 0. The van der Waals surface area contributed by atoms with Crippen LogP contribution in [0.1, 0.15) is 30.4 Å². The first-order valence-electron chi connectivity index (χ1n) is 9.04. The van der Waals surface area contributed by atoms with Crippen LogP contribution in [0, 0.1) is 0 Å². The number of hydrogen-bond acceptors (Lipinski definition) is 2. The molecular formula is C21H26N2. The molecule has 120 valence electrons. The molecular weight excluding hydrogens is 280 g/mol. The number of piperidine rings is 1. The smallest absolute Gasteiger partial charge is 0.0821 e. The fourth-order valence-electron chi connectivity index (χ4n) is 4.18. The van der Waals surface area contributed by atoms with Gasteiger partial charge < -0.3 is 4.90 Å². The van der Waals surface area contributed by atoms with Crippen molar-refractivity contribution in [3.8, 4) is 0 Å². The number of likely N-dealkylation sites (tertiary alicyclic amines) is 1. The summed E-state index contributed by atoms with van der Waals surface area (Å²) in [6.07, 6.45) is 6.98. The molecule has 0 aliphatic carbocycles. The second-order valence-corrected chi connectivity index (χ2v) is 6.82. The molecule has 1 fully saturated rings. The Hall–Kier alpha value is -1.80. The molecule has 0 spiro atoms. The fourth-order valence-corrected chi connectivity index (χ4v) is 4.18. The molecule has 0 bridgehead atoms. The van der Waals surface area contributed by atoms with E-state index in [0.717, 1.165) is 6.42 Å². The van der Waals surface area contributed by atoms with Gasteiger partial charge in [0.2, 0.25) is 0 Å². The van der Waals surface area contributed by atoms with Gasteiger partial charge in [0.15, 0.2) is 0 Å². The predicted octanol–water partition coefficient (Wildman–Crippen LogP) is 4.10. The van der Waals surface area contributed by atoms with Gasteiger partial charge in [0.05, 0.1) is 6.17 Å². The summed E-state index contributed by atoms with van der Waals surface area (Å²) in [5.74, 6) is 0. The number of nitrogens with zero attached hydrogens (tertiary/aromatic N) is 2. The molecule has 2 aliphatic heterocycles. The highest BCUT2D eigenvalue weighted by atomic mass is 15.4. The monoisotopic (exact) mass is 306 g/mol. The van der Waals surface area contributed by atoms with Gasteiger partial charge in [-0.25, -0.2) is 0 Å². The minimum atomic E-state index is 0.594. The van der Waals surface area contributed by atoms with Gasteiger partial charge in [-0.2, -0.15) is 0 Å². The highest BCUT2D eigenvalue weighted by Crippen LogP contribution is 2.33. The van der Waals surface area contributed by atoms with Crippen LogP contribution < -0.4 is 4.90 Å². The third-order valence-corrected chi connectivity index (χ3v) is 5.39. The molecule has 1 unspecified atom stereocenters. The van der Waals surface area contributed by atoms with Gasteiger partial charge in [-0.05, 0) is 49.3 Å². The zero-order valence-electron chi connectivity index (χ0n) is 13.8. The van der Waals surface area contributed by atoms with E-state index >= 15 is 0 Å². The van der Waals surface area contributed by atoms with Gasteiger partial charge in [-0.1, -0.05) is 48.5 Å². The number of fused-ring (bicyclic) bond motifs is 1. The van der Waals surface area contributed by atoms with Crippen molar-refractivity contribution < 1.29 is 0 Å². The van der Waals surface area contributed by atoms with Crippen LogP contribution in [0.4, 0.5) is 5.69 Å². The Balaban J connectivity index is 1.48. The molecule has 4 rings (SSSR count). The van der Waals surface area contributed by atoms with Gasteiger partial charge in [-0.3, -0.25) is 4.90 Å². The Bertz CT molecular complexity index is 637. The average molecular weight is 306 g/mol. The van der Waals surface area contributed by atoms with Gasteiger partial charge in [0, 0.05) is 25.3 Å². The predicted molar refractivity (Wildman–Crippen MR) is 96.9 cm³/mol. The third-order valence-electron chi connectivity index (χ3n) is 5.39. The van der Waals surface area contributed by atoms with Gasteiger partial charge >= 0.3 is 0 Å². The van der Waals surface area contributed by atoms with E-state index < -0.39 is 0 Å². The van der Waals surface area contributed by atoms with Crippen molar-refractivity contribution in [2.75, 3.05) is 24.5 Å². The first kappa shape index (κ1) is 14.8. The molecule has 0 radical (unpaired) electrons. The standard InChI is InChI=1S/C21H26N2/c1-2-8-18(9-3-1)13-16-22-15-7-6-12-21(22)23-17-14-19-10-4-5-11-20(19)23/h1-5,8-11,21H,6-7,12-17H2. The maximum absolute atomic E-state index is 2.72. The van der Waals surface area contributed by atoms with Crippen LogP contribution in [-0.2, 0) is 12.8 Å². The van der Waals surface area contributed by atoms with E-state index in [1.165, 1.54) is 62.1 Å². The quantitative estimate of drug-likeness (QED) is 0.839. The molecule has 2 heteroatoms. The minimum absolute atomic E-state index is 0.594. The van der Waals surface area contributed by atoms with E-state index in [4.69, 9.17) is 0 Å². The molecule has 1 saturated heterocycles. The lowest BCUT2D eigenvalue weighted by molar-refractivity contribution is 0.146. The van der Waals surface area contributed by atoms with Crippen molar-refractivity contribution in [2.45, 2.75) is 38.3 Å². The Morgan fingerprint density at radius 3 is 2.61 bits per heavy atom. The van der Waals surface area contributed by atoms with E-state index in [2.05, 4.69) is 64.4 Å². The van der Waals surface area contributed by atoms with E-state index in [1.807, 2.05) is 0 Å². The maximum atomic E-state index is 2.72. The topological polar surface area (TPSA) is 6.48 Å². The summed E-state index contributed by atoms with van der Waals surface area (Å²) in [4.78, 5) is 5.39. The molecule has 23 heavy (non-hydrogen) atoms. The molecule has 0 saturated carbocycles. The first-order valence-corrected chi connectivity index (χ1v) is 9.04. The van der Waals surface area contributed by atoms with Crippen LogP contribution in [0.15, 0.2) is 54.6 Å². The zero-order valence-corrected chi connectivity index (χ0v) is 13.8. The summed E-state index contributed by atoms with van der Waals surface area (Å²) < 4.78 is 0. The zero-order chi connectivity index (χ0) is 15.5. The fraction of sp³-hybridized carbons (Fsp3) is 0.429. The van der Waals surface area contributed by atoms with Crippen LogP contribution in [-0.4, -0.2) is 30.7 Å². The highest BCUT2D eigenvalue weighted by molar-refractivity contribution is 5.58. The first-order chi connectivity index (χ1) is 11.4. The lowest BCUT2D eigenvalue weighted by Crippen LogP contribution is -2.51. The van der Waals surface area contributed by atoms with Crippen molar-refractivity contribution in [1.82, 2.24) is 4.90 Å². The molecule has 0 amide bonds. The lowest BCUT2D eigenvalue weighted by atomic mass is 10.0. The molecule has 2 nitrogen and oxygen atoms in total. The van der Waals surface area contributed by atoms with Crippen LogP contribution >= 0.6 is 0 Å². The summed E-state index contributed by atoms with van der Waals surface area (Å²) in [5.41, 5.74) is 4.46.